The van der Waals surface area contributed by atoms with Gasteiger partial charge in [-0.25, -0.2) is 4.98 Å². The number of aromatic nitrogens is 3. The maximum atomic E-state index is 12.2. The second-order valence-electron chi connectivity index (χ2n) is 5.27. The van der Waals surface area contributed by atoms with Crippen molar-refractivity contribution < 1.29 is 5.11 Å². The molecule has 7 heteroatoms. The lowest BCUT2D eigenvalue weighted by molar-refractivity contribution is 0.389. The van der Waals surface area contributed by atoms with Crippen LogP contribution in [0.1, 0.15) is 10.8 Å². The number of allylic oxidation sites excluding steroid dienone is 1. The number of benzene rings is 1. The summed E-state index contributed by atoms with van der Waals surface area (Å²) < 4.78 is 3.54. The van der Waals surface area contributed by atoms with Crippen LogP contribution in [0.15, 0.2) is 46.3 Å². The Balaban J connectivity index is 1.81. The van der Waals surface area contributed by atoms with E-state index in [4.69, 9.17) is 0 Å². The first-order chi connectivity index (χ1) is 11.2. The summed E-state index contributed by atoms with van der Waals surface area (Å²) in [6, 6.07) is 9.70. The Labute approximate surface area is 137 Å². The summed E-state index contributed by atoms with van der Waals surface area (Å²) >= 11 is 2.87. The molecule has 23 heavy (non-hydrogen) atoms. The van der Waals surface area contributed by atoms with E-state index in [1.165, 1.54) is 22.7 Å². The number of nitrogens with zero attached hydrogens (tertiary/aromatic N) is 3. The standard InChI is InChI=1S/C16H9N3O2S2/c20-10-7-19-9-5-6-22-13(9)15(21)18-14(19)12(10)16-17-8-3-1-2-4-11(8)23-16/h1-6,20H,7H2. The van der Waals surface area contributed by atoms with E-state index in [0.29, 0.717) is 27.6 Å². The van der Waals surface area contributed by atoms with E-state index in [2.05, 4.69) is 9.97 Å². The summed E-state index contributed by atoms with van der Waals surface area (Å²) in [5, 5.41) is 13.0. The number of hydrogen-bond acceptors (Lipinski definition) is 6. The largest absolute Gasteiger partial charge is 0.510 e. The number of rotatable bonds is 1. The number of thiazole rings is 1. The molecule has 0 atom stereocenters. The molecule has 0 saturated carbocycles. The van der Waals surface area contributed by atoms with Gasteiger partial charge in [0.25, 0.3) is 5.56 Å². The average molecular weight is 339 g/mol. The maximum absolute atomic E-state index is 12.2. The lowest BCUT2D eigenvalue weighted by atomic mass is 10.2. The molecule has 1 N–H and O–H groups in total. The zero-order valence-corrected chi connectivity index (χ0v) is 13.3. The SMILES string of the molecule is O=c1nc2n(c3ccsc13)CC(O)=C2c1nc2ccccc2s1. The molecule has 112 valence electrons. The molecule has 0 fully saturated rings. The lowest BCUT2D eigenvalue weighted by Crippen LogP contribution is -2.14. The van der Waals surface area contributed by atoms with Crippen molar-refractivity contribution in [1.82, 2.24) is 14.5 Å². The highest BCUT2D eigenvalue weighted by molar-refractivity contribution is 7.19. The van der Waals surface area contributed by atoms with Crippen molar-refractivity contribution in [1.29, 1.82) is 0 Å². The molecule has 0 unspecified atom stereocenters. The first-order valence-electron chi connectivity index (χ1n) is 6.99. The molecule has 3 aromatic heterocycles. The van der Waals surface area contributed by atoms with E-state index in [-0.39, 0.29) is 11.3 Å². The summed E-state index contributed by atoms with van der Waals surface area (Å²) in [5.74, 6) is 0.701. The Morgan fingerprint density at radius 1 is 1.17 bits per heavy atom. The van der Waals surface area contributed by atoms with Crippen molar-refractivity contribution >= 4 is 48.7 Å². The van der Waals surface area contributed by atoms with Crippen LogP contribution >= 0.6 is 22.7 Å². The molecular weight excluding hydrogens is 330 g/mol. The molecule has 0 bridgehead atoms. The molecule has 0 aliphatic carbocycles. The summed E-state index contributed by atoms with van der Waals surface area (Å²) in [5.41, 5.74) is 2.00. The van der Waals surface area contributed by atoms with Crippen molar-refractivity contribution in [2.45, 2.75) is 6.54 Å². The highest BCUT2D eigenvalue weighted by atomic mass is 32.1. The van der Waals surface area contributed by atoms with Gasteiger partial charge >= 0.3 is 0 Å². The molecule has 0 saturated heterocycles. The third kappa shape index (κ3) is 1.74. The highest BCUT2D eigenvalue weighted by Crippen LogP contribution is 2.36. The van der Waals surface area contributed by atoms with Gasteiger partial charge in [0.05, 0.1) is 27.9 Å². The molecule has 1 aliphatic rings. The fraction of sp³-hybridized carbons (Fsp3) is 0.0625. The second-order valence-corrected chi connectivity index (χ2v) is 7.22. The van der Waals surface area contributed by atoms with Crippen LogP contribution in [0.25, 0.3) is 26.0 Å². The van der Waals surface area contributed by atoms with Gasteiger partial charge in [-0.2, -0.15) is 4.98 Å². The highest BCUT2D eigenvalue weighted by Gasteiger charge is 2.28. The maximum Gasteiger partial charge on any atom is 0.291 e. The van der Waals surface area contributed by atoms with E-state index < -0.39 is 0 Å². The van der Waals surface area contributed by atoms with Crippen molar-refractivity contribution in [3.63, 3.8) is 0 Å². The van der Waals surface area contributed by atoms with Crippen molar-refractivity contribution in [2.24, 2.45) is 0 Å². The minimum Gasteiger partial charge on any atom is -0.510 e. The quantitative estimate of drug-likeness (QED) is 0.577. The van der Waals surface area contributed by atoms with Gasteiger partial charge in [-0.1, -0.05) is 12.1 Å². The number of hydrogen-bond donors (Lipinski definition) is 1. The van der Waals surface area contributed by atoms with Gasteiger partial charge in [0.2, 0.25) is 0 Å². The predicted octanol–water partition coefficient (Wildman–Crippen LogP) is 3.40. The third-order valence-electron chi connectivity index (χ3n) is 3.92. The lowest BCUT2D eigenvalue weighted by Gasteiger charge is -2.05. The van der Waals surface area contributed by atoms with E-state index in [0.717, 1.165) is 15.7 Å². The van der Waals surface area contributed by atoms with Gasteiger partial charge in [0.1, 0.15) is 15.5 Å². The van der Waals surface area contributed by atoms with Gasteiger partial charge in [-0.05, 0) is 23.6 Å². The van der Waals surface area contributed by atoms with Crippen molar-refractivity contribution in [3.05, 3.63) is 62.7 Å². The van der Waals surface area contributed by atoms with E-state index in [9.17, 15) is 9.90 Å². The zero-order valence-electron chi connectivity index (χ0n) is 11.7. The van der Waals surface area contributed by atoms with Crippen LogP contribution in [0.3, 0.4) is 0 Å². The summed E-state index contributed by atoms with van der Waals surface area (Å²) in [6.07, 6.45) is 0. The molecule has 0 spiro atoms. The molecule has 1 aliphatic heterocycles. The average Bonchev–Trinajstić information content (AvgIpc) is 3.22. The first kappa shape index (κ1) is 13.0. The monoisotopic (exact) mass is 339 g/mol. The molecule has 0 radical (unpaired) electrons. The molecular formula is C16H9N3O2S2. The van der Waals surface area contributed by atoms with Crippen LogP contribution in [0.5, 0.6) is 0 Å². The number of aliphatic hydroxyl groups excluding tert-OH is 1. The van der Waals surface area contributed by atoms with Gasteiger partial charge < -0.3 is 9.67 Å². The van der Waals surface area contributed by atoms with Crippen LogP contribution in [-0.4, -0.2) is 19.6 Å². The Bertz CT molecular complexity index is 1150. The molecule has 4 aromatic rings. The number of aliphatic hydroxyl groups is 1. The first-order valence-corrected chi connectivity index (χ1v) is 8.68. The topological polar surface area (TPSA) is 68.0 Å². The molecule has 4 heterocycles. The minimum absolute atomic E-state index is 0.203. The molecule has 1 aromatic carbocycles. The Morgan fingerprint density at radius 2 is 2.04 bits per heavy atom. The van der Waals surface area contributed by atoms with Crippen LogP contribution in [0, 0.1) is 0 Å². The van der Waals surface area contributed by atoms with Crippen molar-refractivity contribution in [2.75, 3.05) is 0 Å². The summed E-state index contributed by atoms with van der Waals surface area (Å²) in [4.78, 5) is 21.0. The van der Waals surface area contributed by atoms with Gasteiger partial charge in [-0.3, -0.25) is 4.79 Å². The molecule has 5 nitrogen and oxygen atoms in total. The van der Waals surface area contributed by atoms with Crippen LogP contribution in [-0.2, 0) is 6.54 Å². The van der Waals surface area contributed by atoms with E-state index >= 15 is 0 Å². The minimum atomic E-state index is -0.255. The van der Waals surface area contributed by atoms with Gasteiger partial charge in [0, 0.05) is 0 Å². The van der Waals surface area contributed by atoms with Crippen LogP contribution in [0.2, 0.25) is 0 Å². The third-order valence-corrected chi connectivity index (χ3v) is 5.87. The van der Waals surface area contributed by atoms with Crippen molar-refractivity contribution in [3.8, 4) is 0 Å². The van der Waals surface area contributed by atoms with Gasteiger partial charge in [-0.15, -0.1) is 22.7 Å². The van der Waals surface area contributed by atoms with Gasteiger partial charge in [0.15, 0.2) is 5.82 Å². The fourth-order valence-electron chi connectivity index (χ4n) is 2.90. The second kappa shape index (κ2) is 4.50. The molecule has 0 amide bonds. The number of para-hydroxylation sites is 1. The number of fused-ring (bicyclic) bond motifs is 4. The Morgan fingerprint density at radius 3 is 2.91 bits per heavy atom. The van der Waals surface area contributed by atoms with Crippen LogP contribution < -0.4 is 5.56 Å². The van der Waals surface area contributed by atoms with E-state index in [1.54, 1.807) is 0 Å². The predicted molar refractivity (Wildman–Crippen MR) is 92.2 cm³/mol. The summed E-state index contributed by atoms with van der Waals surface area (Å²) in [7, 11) is 0. The normalized spacial score (nSPS) is 14.1. The Kier molecular flexibility index (Phi) is 2.54. The fourth-order valence-corrected chi connectivity index (χ4v) is 4.71. The summed E-state index contributed by atoms with van der Waals surface area (Å²) in [6.45, 7) is 0.321. The Hall–Kier alpha value is -2.51. The van der Waals surface area contributed by atoms with Crippen LogP contribution in [0.4, 0.5) is 0 Å². The van der Waals surface area contributed by atoms with E-state index in [1.807, 2.05) is 40.3 Å². The zero-order chi connectivity index (χ0) is 15.6. The number of thiophene rings is 1. The molecule has 5 rings (SSSR count). The smallest absolute Gasteiger partial charge is 0.291 e.